The van der Waals surface area contributed by atoms with Gasteiger partial charge in [0.25, 0.3) is 5.91 Å². The summed E-state index contributed by atoms with van der Waals surface area (Å²) in [6, 6.07) is 15.2. The van der Waals surface area contributed by atoms with Crippen molar-refractivity contribution in [1.82, 2.24) is 10.2 Å². The number of thiophene rings is 1. The highest BCUT2D eigenvalue weighted by Crippen LogP contribution is 2.30. The summed E-state index contributed by atoms with van der Waals surface area (Å²) < 4.78 is 11.5. The minimum Gasteiger partial charge on any atom is -0.493 e. The number of amides is 3. The normalized spacial score (nSPS) is 13.0. The molecule has 7 nitrogen and oxygen atoms in total. The quantitative estimate of drug-likeness (QED) is 0.477. The van der Waals surface area contributed by atoms with E-state index in [2.05, 4.69) is 5.32 Å². The van der Waals surface area contributed by atoms with Crippen molar-refractivity contribution in [3.63, 3.8) is 0 Å². The van der Waals surface area contributed by atoms with Gasteiger partial charge in [0.15, 0.2) is 11.5 Å². The molecule has 2 aromatic carbocycles. The second-order valence-corrected chi connectivity index (χ2v) is 9.09. The molecule has 1 aliphatic heterocycles. The lowest BCUT2D eigenvalue weighted by Crippen LogP contribution is -2.31. The van der Waals surface area contributed by atoms with Gasteiger partial charge in [-0.05, 0) is 66.8 Å². The monoisotopic (exact) mass is 479 g/mol. The van der Waals surface area contributed by atoms with Gasteiger partial charge in [0.2, 0.25) is 0 Å². The number of aryl methyl sites for hydroxylation is 1. The average Bonchev–Trinajstić information content (AvgIpc) is 3.52. The van der Waals surface area contributed by atoms with Gasteiger partial charge in [-0.2, -0.15) is 0 Å². The summed E-state index contributed by atoms with van der Waals surface area (Å²) in [5, 5.41) is 4.83. The molecule has 0 spiro atoms. The molecule has 3 amide bonds. The number of urea groups is 1. The van der Waals surface area contributed by atoms with Gasteiger partial charge in [0, 0.05) is 42.3 Å². The predicted molar refractivity (Wildman–Crippen MR) is 134 cm³/mol. The zero-order chi connectivity index (χ0) is 24.1. The number of hydrogen-bond donors (Lipinski definition) is 1. The fourth-order valence-electron chi connectivity index (χ4n) is 4.00. The first kappa shape index (κ1) is 23.6. The molecule has 2 heterocycles. The molecule has 0 atom stereocenters. The van der Waals surface area contributed by atoms with E-state index in [1.807, 2.05) is 61.7 Å². The second kappa shape index (κ2) is 10.6. The summed E-state index contributed by atoms with van der Waals surface area (Å²) in [4.78, 5) is 29.9. The van der Waals surface area contributed by atoms with Crippen molar-refractivity contribution in [2.75, 3.05) is 31.6 Å². The number of carbonyl (C=O) groups excluding carboxylic acids is 2. The summed E-state index contributed by atoms with van der Waals surface area (Å²) in [5.74, 6) is 1.26. The van der Waals surface area contributed by atoms with Crippen molar-refractivity contribution in [2.45, 2.75) is 27.0 Å². The molecule has 1 saturated heterocycles. The molecular formula is C26H29N3O4S. The fourth-order valence-corrected chi connectivity index (χ4v) is 4.61. The lowest BCUT2D eigenvalue weighted by Gasteiger charge is -2.23. The molecule has 1 aliphatic rings. The van der Waals surface area contributed by atoms with E-state index in [1.165, 1.54) is 0 Å². The molecule has 1 N–H and O–H groups in total. The number of nitrogens with zero attached hydrogens (tertiary/aromatic N) is 2. The number of anilines is 1. The van der Waals surface area contributed by atoms with Gasteiger partial charge in [-0.3, -0.25) is 9.69 Å². The van der Waals surface area contributed by atoms with E-state index in [-0.39, 0.29) is 11.9 Å². The molecule has 0 unspecified atom stereocenters. The molecule has 8 heteroatoms. The van der Waals surface area contributed by atoms with Crippen LogP contribution in [0.5, 0.6) is 11.5 Å². The van der Waals surface area contributed by atoms with Gasteiger partial charge >= 0.3 is 6.03 Å². The first-order valence-electron chi connectivity index (χ1n) is 11.3. The number of ether oxygens (including phenoxy) is 2. The summed E-state index contributed by atoms with van der Waals surface area (Å²) in [7, 11) is 1.62. The first-order valence-corrected chi connectivity index (χ1v) is 12.2. The Labute approximate surface area is 203 Å². The van der Waals surface area contributed by atoms with Crippen LogP contribution in [0.1, 0.15) is 33.3 Å². The van der Waals surface area contributed by atoms with Crippen LogP contribution in [-0.2, 0) is 13.2 Å². The maximum Gasteiger partial charge on any atom is 0.322 e. The van der Waals surface area contributed by atoms with Crippen LogP contribution in [0.2, 0.25) is 0 Å². The van der Waals surface area contributed by atoms with Gasteiger partial charge in [-0.15, -0.1) is 11.3 Å². The van der Waals surface area contributed by atoms with Crippen LogP contribution in [0.4, 0.5) is 10.5 Å². The smallest absolute Gasteiger partial charge is 0.322 e. The van der Waals surface area contributed by atoms with Gasteiger partial charge in [-0.25, -0.2) is 4.79 Å². The van der Waals surface area contributed by atoms with Crippen LogP contribution in [-0.4, -0.2) is 43.6 Å². The van der Waals surface area contributed by atoms with E-state index in [4.69, 9.17) is 9.47 Å². The van der Waals surface area contributed by atoms with Gasteiger partial charge in [0.05, 0.1) is 7.11 Å². The van der Waals surface area contributed by atoms with Crippen LogP contribution >= 0.6 is 11.3 Å². The Balaban J connectivity index is 1.46. The first-order chi connectivity index (χ1) is 16.5. The summed E-state index contributed by atoms with van der Waals surface area (Å²) in [6.45, 7) is 6.64. The van der Waals surface area contributed by atoms with Crippen molar-refractivity contribution in [3.8, 4) is 11.5 Å². The highest BCUT2D eigenvalue weighted by atomic mass is 32.1. The molecule has 34 heavy (non-hydrogen) atoms. The van der Waals surface area contributed by atoms with Crippen molar-refractivity contribution in [3.05, 3.63) is 75.5 Å². The third kappa shape index (κ3) is 5.17. The van der Waals surface area contributed by atoms with E-state index >= 15 is 0 Å². The van der Waals surface area contributed by atoms with Crippen molar-refractivity contribution in [1.29, 1.82) is 0 Å². The molecule has 0 radical (unpaired) electrons. The minimum atomic E-state index is -0.103. The van der Waals surface area contributed by atoms with Crippen molar-refractivity contribution in [2.24, 2.45) is 0 Å². The van der Waals surface area contributed by atoms with Crippen LogP contribution in [0.15, 0.2) is 53.9 Å². The van der Waals surface area contributed by atoms with Crippen molar-refractivity contribution >= 4 is 29.0 Å². The predicted octanol–water partition coefficient (Wildman–Crippen LogP) is 4.84. The topological polar surface area (TPSA) is 71.1 Å². The Morgan fingerprint density at radius 3 is 2.68 bits per heavy atom. The SMILES string of the molecule is CCN(Cc1ccc(OCc2cccs2)c(OC)c1)C(=O)c1ccc(N2CCNC2=O)c(C)c1. The molecule has 1 fully saturated rings. The standard InChI is InChI=1S/C26H29N3O4S/c1-4-28(25(30)20-8-9-22(18(2)14-20)29-12-11-27-26(29)31)16-19-7-10-23(24(15-19)32-3)33-17-21-6-5-13-34-21/h5-10,13-15H,4,11-12,16-17H2,1-3H3,(H,27,31). The van der Waals surface area contributed by atoms with E-state index < -0.39 is 0 Å². The van der Waals surface area contributed by atoms with Crippen molar-refractivity contribution < 1.29 is 19.1 Å². The van der Waals surface area contributed by atoms with Gasteiger partial charge in [-0.1, -0.05) is 12.1 Å². The Kier molecular flexibility index (Phi) is 7.37. The number of carbonyl (C=O) groups is 2. The number of methoxy groups -OCH3 is 1. The summed E-state index contributed by atoms with van der Waals surface area (Å²) >= 11 is 1.65. The Bertz CT molecular complexity index is 1160. The molecule has 4 rings (SSSR count). The lowest BCUT2D eigenvalue weighted by atomic mass is 10.1. The van der Waals surface area contributed by atoms with Gasteiger partial charge in [0.1, 0.15) is 6.61 Å². The van der Waals surface area contributed by atoms with Crippen LogP contribution in [0, 0.1) is 6.92 Å². The molecular weight excluding hydrogens is 450 g/mol. The van der Waals surface area contributed by atoms with Crippen LogP contribution in [0.25, 0.3) is 0 Å². The zero-order valence-electron chi connectivity index (χ0n) is 19.7. The van der Waals surface area contributed by atoms with E-state index in [0.717, 1.165) is 21.7 Å². The third-order valence-electron chi connectivity index (χ3n) is 5.81. The second-order valence-electron chi connectivity index (χ2n) is 8.06. The number of rotatable bonds is 9. The molecule has 0 bridgehead atoms. The van der Waals surface area contributed by atoms with Gasteiger partial charge < -0.3 is 19.7 Å². The van der Waals surface area contributed by atoms with E-state index in [1.54, 1.807) is 34.3 Å². The Hall–Kier alpha value is -3.52. The zero-order valence-corrected chi connectivity index (χ0v) is 20.5. The molecule has 178 valence electrons. The Morgan fingerprint density at radius 2 is 2.03 bits per heavy atom. The number of nitrogens with one attached hydrogen (secondary N) is 1. The van der Waals surface area contributed by atoms with Crippen LogP contribution < -0.4 is 19.7 Å². The maximum absolute atomic E-state index is 13.3. The fraction of sp³-hybridized carbons (Fsp3) is 0.308. The molecule has 3 aromatic rings. The average molecular weight is 480 g/mol. The number of hydrogen-bond acceptors (Lipinski definition) is 5. The molecule has 1 aromatic heterocycles. The largest absolute Gasteiger partial charge is 0.493 e. The summed E-state index contributed by atoms with van der Waals surface area (Å²) in [5.41, 5.74) is 3.29. The highest BCUT2D eigenvalue weighted by Gasteiger charge is 2.24. The molecule has 0 aliphatic carbocycles. The number of benzene rings is 2. The minimum absolute atomic E-state index is 0.0555. The van der Waals surface area contributed by atoms with Crippen LogP contribution in [0.3, 0.4) is 0 Å². The highest BCUT2D eigenvalue weighted by molar-refractivity contribution is 7.09. The van der Waals surface area contributed by atoms with E-state index in [9.17, 15) is 9.59 Å². The maximum atomic E-state index is 13.3. The van der Waals surface area contributed by atoms with E-state index in [0.29, 0.717) is 49.8 Å². The Morgan fingerprint density at radius 1 is 1.18 bits per heavy atom. The summed E-state index contributed by atoms with van der Waals surface area (Å²) in [6.07, 6.45) is 0. The molecule has 0 saturated carbocycles. The third-order valence-corrected chi connectivity index (χ3v) is 6.66. The lowest BCUT2D eigenvalue weighted by molar-refractivity contribution is 0.0752.